The van der Waals surface area contributed by atoms with Gasteiger partial charge in [-0.15, -0.1) is 0 Å². The van der Waals surface area contributed by atoms with E-state index in [1.165, 1.54) is 6.07 Å². The maximum absolute atomic E-state index is 12.6. The minimum atomic E-state index is -4.42. The smallest absolute Gasteiger partial charge is 0.324 e. The molecule has 16 heavy (non-hydrogen) atoms. The summed E-state index contributed by atoms with van der Waals surface area (Å²) in [5.74, 6) is 0.279. The molecule has 0 heterocycles. The number of halogens is 4. The van der Waals surface area contributed by atoms with Crippen molar-refractivity contribution in [2.45, 2.75) is 25.1 Å². The molecule has 1 fully saturated rings. The van der Waals surface area contributed by atoms with Gasteiger partial charge in [-0.2, -0.15) is 13.2 Å². The number of alkyl halides is 3. The highest BCUT2D eigenvalue weighted by Crippen LogP contribution is 2.44. The van der Waals surface area contributed by atoms with Gasteiger partial charge in [0, 0.05) is 6.04 Å². The molecule has 1 aromatic carbocycles. The molecule has 0 amide bonds. The van der Waals surface area contributed by atoms with Gasteiger partial charge in [-0.05, 0) is 30.4 Å². The topological polar surface area (TPSA) is 26.0 Å². The lowest BCUT2D eigenvalue weighted by atomic mass is 10.0. The molecular formula is C11H11ClF3N. The molecule has 1 atom stereocenters. The van der Waals surface area contributed by atoms with Crippen molar-refractivity contribution < 1.29 is 13.2 Å². The van der Waals surface area contributed by atoms with Gasteiger partial charge in [0.05, 0.1) is 10.6 Å². The van der Waals surface area contributed by atoms with Gasteiger partial charge < -0.3 is 5.73 Å². The molecule has 1 aromatic rings. The first kappa shape index (κ1) is 11.7. The average molecular weight is 250 g/mol. The molecule has 0 aromatic heterocycles. The molecular weight excluding hydrogens is 239 g/mol. The second-order valence-electron chi connectivity index (χ2n) is 4.07. The summed E-state index contributed by atoms with van der Waals surface area (Å²) in [5.41, 5.74) is 5.46. The first-order valence-corrected chi connectivity index (χ1v) is 5.40. The normalized spacial score (nSPS) is 18.6. The third-order valence-electron chi connectivity index (χ3n) is 2.82. The summed E-state index contributed by atoms with van der Waals surface area (Å²) < 4.78 is 37.8. The lowest BCUT2D eigenvalue weighted by molar-refractivity contribution is -0.137. The highest BCUT2D eigenvalue weighted by molar-refractivity contribution is 6.32. The molecule has 0 saturated heterocycles. The van der Waals surface area contributed by atoms with Crippen molar-refractivity contribution >= 4 is 11.6 Å². The number of nitrogens with two attached hydrogens (primary N) is 1. The molecule has 2 rings (SSSR count). The molecule has 1 nitrogen and oxygen atoms in total. The van der Waals surface area contributed by atoms with Gasteiger partial charge in [0.15, 0.2) is 0 Å². The molecule has 0 radical (unpaired) electrons. The fourth-order valence-corrected chi connectivity index (χ4v) is 2.09. The Kier molecular flexibility index (Phi) is 2.88. The third-order valence-corrected chi connectivity index (χ3v) is 3.24. The Morgan fingerprint density at radius 3 is 2.44 bits per heavy atom. The minimum Gasteiger partial charge on any atom is -0.324 e. The average Bonchev–Trinajstić information content (AvgIpc) is 2.98. The fraction of sp³-hybridized carbons (Fsp3) is 0.455. The first-order chi connectivity index (χ1) is 7.41. The summed E-state index contributed by atoms with van der Waals surface area (Å²) in [6.07, 6.45) is -2.49. The van der Waals surface area contributed by atoms with E-state index in [2.05, 4.69) is 0 Å². The van der Waals surface area contributed by atoms with Crippen molar-refractivity contribution in [2.24, 2.45) is 11.7 Å². The van der Waals surface area contributed by atoms with Crippen molar-refractivity contribution in [3.63, 3.8) is 0 Å². The van der Waals surface area contributed by atoms with Crippen molar-refractivity contribution in [3.8, 4) is 0 Å². The molecule has 5 heteroatoms. The van der Waals surface area contributed by atoms with E-state index in [1.54, 1.807) is 6.07 Å². The highest BCUT2D eigenvalue weighted by atomic mass is 35.5. The molecule has 1 saturated carbocycles. The van der Waals surface area contributed by atoms with E-state index in [9.17, 15) is 13.2 Å². The highest BCUT2D eigenvalue weighted by Gasteiger charge is 2.36. The number of hydrogen-bond donors (Lipinski definition) is 1. The van der Waals surface area contributed by atoms with Crippen LogP contribution in [-0.2, 0) is 6.18 Å². The van der Waals surface area contributed by atoms with Crippen LogP contribution in [0.5, 0.6) is 0 Å². The quantitative estimate of drug-likeness (QED) is 0.848. The zero-order chi connectivity index (χ0) is 11.9. The zero-order valence-corrected chi connectivity index (χ0v) is 9.15. The van der Waals surface area contributed by atoms with E-state index < -0.39 is 11.7 Å². The van der Waals surface area contributed by atoms with Crippen molar-refractivity contribution in [1.29, 1.82) is 0 Å². The summed E-state index contributed by atoms with van der Waals surface area (Å²) >= 11 is 5.76. The Morgan fingerprint density at radius 2 is 1.94 bits per heavy atom. The van der Waals surface area contributed by atoms with Crippen LogP contribution >= 0.6 is 11.6 Å². The molecule has 2 N–H and O–H groups in total. The van der Waals surface area contributed by atoms with Crippen LogP contribution in [0.4, 0.5) is 13.2 Å². The monoisotopic (exact) mass is 249 g/mol. The molecule has 1 aliphatic rings. The summed E-state index contributed by atoms with van der Waals surface area (Å²) in [6.45, 7) is 0. The fourth-order valence-electron chi connectivity index (χ4n) is 1.74. The lowest BCUT2D eigenvalue weighted by Crippen LogP contribution is -2.15. The third kappa shape index (κ3) is 2.18. The Morgan fingerprint density at radius 1 is 1.31 bits per heavy atom. The molecule has 0 bridgehead atoms. The second-order valence-corrected chi connectivity index (χ2v) is 4.45. The van der Waals surface area contributed by atoms with E-state index in [0.717, 1.165) is 18.9 Å². The Hall–Kier alpha value is -0.740. The van der Waals surface area contributed by atoms with Gasteiger partial charge in [-0.3, -0.25) is 0 Å². The molecule has 88 valence electrons. The number of benzene rings is 1. The van der Waals surface area contributed by atoms with Crippen molar-refractivity contribution in [1.82, 2.24) is 0 Å². The van der Waals surface area contributed by atoms with Crippen LogP contribution in [0.2, 0.25) is 5.02 Å². The summed E-state index contributed by atoms with van der Waals surface area (Å²) in [7, 11) is 0. The summed E-state index contributed by atoms with van der Waals surface area (Å²) in [5, 5.41) is -0.255. The van der Waals surface area contributed by atoms with Crippen LogP contribution in [0.15, 0.2) is 18.2 Å². The summed E-state index contributed by atoms with van der Waals surface area (Å²) in [6, 6.07) is 3.52. The Bertz CT molecular complexity index is 399. The number of hydrogen-bond acceptors (Lipinski definition) is 1. The Balaban J connectivity index is 2.39. The van der Waals surface area contributed by atoms with Crippen LogP contribution in [0, 0.1) is 5.92 Å². The lowest BCUT2D eigenvalue weighted by Gasteiger charge is -2.16. The molecule has 0 unspecified atom stereocenters. The van der Waals surface area contributed by atoms with Gasteiger partial charge in [-0.25, -0.2) is 0 Å². The van der Waals surface area contributed by atoms with Crippen LogP contribution in [0.3, 0.4) is 0 Å². The zero-order valence-electron chi connectivity index (χ0n) is 8.39. The SMILES string of the molecule is N[C@H](c1cccc(C(F)(F)F)c1Cl)C1CC1. The van der Waals surface area contributed by atoms with E-state index in [1.807, 2.05) is 0 Å². The van der Waals surface area contributed by atoms with Gasteiger partial charge in [-0.1, -0.05) is 23.7 Å². The van der Waals surface area contributed by atoms with Crippen molar-refractivity contribution in [3.05, 3.63) is 34.3 Å². The van der Waals surface area contributed by atoms with Crippen molar-refractivity contribution in [2.75, 3.05) is 0 Å². The van der Waals surface area contributed by atoms with Gasteiger partial charge in [0.25, 0.3) is 0 Å². The van der Waals surface area contributed by atoms with E-state index in [4.69, 9.17) is 17.3 Å². The van der Waals surface area contributed by atoms with Gasteiger partial charge >= 0.3 is 6.18 Å². The second kappa shape index (κ2) is 3.93. The van der Waals surface area contributed by atoms with Crippen LogP contribution in [-0.4, -0.2) is 0 Å². The van der Waals surface area contributed by atoms with Gasteiger partial charge in [0.1, 0.15) is 0 Å². The standard InChI is InChI=1S/C11H11ClF3N/c12-9-7(10(16)6-4-5-6)2-1-3-8(9)11(13,14)15/h1-3,6,10H,4-5,16H2/t10-/m0/s1. The van der Waals surface area contributed by atoms with Crippen LogP contribution in [0.1, 0.15) is 30.0 Å². The first-order valence-electron chi connectivity index (χ1n) is 5.02. The van der Waals surface area contributed by atoms with E-state index in [-0.39, 0.29) is 17.0 Å². The molecule has 0 spiro atoms. The van der Waals surface area contributed by atoms with Crippen LogP contribution < -0.4 is 5.73 Å². The maximum Gasteiger partial charge on any atom is 0.417 e. The predicted molar refractivity (Wildman–Crippen MR) is 56.1 cm³/mol. The van der Waals surface area contributed by atoms with Gasteiger partial charge in [0.2, 0.25) is 0 Å². The maximum atomic E-state index is 12.6. The number of rotatable bonds is 2. The largest absolute Gasteiger partial charge is 0.417 e. The molecule has 1 aliphatic carbocycles. The van der Waals surface area contributed by atoms with E-state index in [0.29, 0.717) is 5.56 Å². The Labute approximate surface area is 96.4 Å². The molecule has 0 aliphatic heterocycles. The van der Waals surface area contributed by atoms with Crippen LogP contribution in [0.25, 0.3) is 0 Å². The minimum absolute atomic E-state index is 0.255. The van der Waals surface area contributed by atoms with E-state index >= 15 is 0 Å². The predicted octanol–water partition coefficient (Wildman–Crippen LogP) is 3.77. The summed E-state index contributed by atoms with van der Waals surface area (Å²) in [4.78, 5) is 0.